The van der Waals surface area contributed by atoms with Crippen LogP contribution in [0.15, 0.2) is 12.2 Å². The molecule has 470 valence electrons. The molecule has 0 aromatic carbocycles. The lowest BCUT2D eigenvalue weighted by Gasteiger charge is -2.22. The summed E-state index contributed by atoms with van der Waals surface area (Å²) >= 11 is 0. The number of aliphatic hydroxyl groups excluding tert-OH is 2. The van der Waals surface area contributed by atoms with Crippen LogP contribution in [0.4, 0.5) is 0 Å². The highest BCUT2D eigenvalue weighted by molar-refractivity contribution is 5.76. The molecule has 0 heterocycles. The van der Waals surface area contributed by atoms with Crippen molar-refractivity contribution < 1.29 is 24.5 Å². The van der Waals surface area contributed by atoms with Gasteiger partial charge in [-0.3, -0.25) is 9.59 Å². The Kier molecular flexibility index (Phi) is 67.9. The molecule has 6 heteroatoms. The molecule has 0 spiro atoms. The molecule has 0 aliphatic carbocycles. The number of nitrogens with one attached hydrogen (secondary N) is 1. The first kappa shape index (κ1) is 77.6. The molecule has 0 fully saturated rings. The number of hydrogen-bond acceptors (Lipinski definition) is 5. The molecule has 6 nitrogen and oxygen atoms in total. The van der Waals surface area contributed by atoms with E-state index in [0.717, 1.165) is 44.9 Å². The first-order valence-electron chi connectivity index (χ1n) is 36.4. The van der Waals surface area contributed by atoms with E-state index >= 15 is 0 Å². The minimum atomic E-state index is -0.663. The summed E-state index contributed by atoms with van der Waals surface area (Å²) in [5.41, 5.74) is 0. The van der Waals surface area contributed by atoms with Crippen molar-refractivity contribution in [3.63, 3.8) is 0 Å². The molecule has 0 radical (unpaired) electrons. The van der Waals surface area contributed by atoms with Crippen molar-refractivity contribution in [2.24, 2.45) is 0 Å². The fourth-order valence-corrected chi connectivity index (χ4v) is 11.8. The molecule has 0 aliphatic rings. The smallest absolute Gasteiger partial charge is 0.305 e. The Morgan fingerprint density at radius 3 is 0.924 bits per heavy atom. The highest BCUT2D eigenvalue weighted by Gasteiger charge is 2.20. The Morgan fingerprint density at radius 1 is 0.342 bits per heavy atom. The fraction of sp³-hybridized carbons (Fsp3) is 0.945. The summed E-state index contributed by atoms with van der Waals surface area (Å²) in [7, 11) is 0. The Balaban J connectivity index is 3.35. The fourth-order valence-electron chi connectivity index (χ4n) is 11.8. The maximum atomic E-state index is 12.6. The van der Waals surface area contributed by atoms with Gasteiger partial charge in [0.15, 0.2) is 0 Å². The number of carbonyl (C=O) groups is 2. The van der Waals surface area contributed by atoms with E-state index in [1.165, 1.54) is 340 Å². The van der Waals surface area contributed by atoms with Gasteiger partial charge in [0.1, 0.15) is 0 Å². The van der Waals surface area contributed by atoms with Gasteiger partial charge in [0.2, 0.25) is 5.91 Å². The Hall–Kier alpha value is -1.40. The van der Waals surface area contributed by atoms with Gasteiger partial charge in [0.25, 0.3) is 0 Å². The normalized spacial score (nSPS) is 12.5. The van der Waals surface area contributed by atoms with E-state index in [0.29, 0.717) is 25.9 Å². The van der Waals surface area contributed by atoms with E-state index in [2.05, 4.69) is 31.3 Å². The molecule has 0 bridgehead atoms. The van der Waals surface area contributed by atoms with Crippen LogP contribution >= 0.6 is 0 Å². The molecule has 0 saturated heterocycles. The van der Waals surface area contributed by atoms with Gasteiger partial charge in [-0.25, -0.2) is 0 Å². The molecular formula is C73H143NO5. The van der Waals surface area contributed by atoms with Gasteiger partial charge >= 0.3 is 5.97 Å². The standard InChI is InChI=1S/C73H143NO5/c1-3-5-7-9-11-13-15-17-18-19-20-21-27-30-33-36-39-42-45-49-53-57-61-65-71(76)70(69-75)74-72(77)66-62-58-54-50-46-43-40-37-34-31-28-25-23-22-24-26-29-32-35-38-41-44-48-52-56-60-64-68-79-73(78)67-63-59-55-51-47-16-14-12-10-8-6-4-2/h12,14,70-71,75-76H,3-11,13,15-69H2,1-2H3,(H,74,77)/b14-12-. The number of amides is 1. The number of esters is 1. The number of unbranched alkanes of at least 4 members (excludes halogenated alkanes) is 56. The first-order valence-corrected chi connectivity index (χ1v) is 36.4. The largest absolute Gasteiger partial charge is 0.466 e. The van der Waals surface area contributed by atoms with E-state index < -0.39 is 12.1 Å². The number of ether oxygens (including phenoxy) is 1. The van der Waals surface area contributed by atoms with Gasteiger partial charge in [-0.1, -0.05) is 366 Å². The van der Waals surface area contributed by atoms with E-state index in [4.69, 9.17) is 4.74 Å². The molecule has 0 aromatic heterocycles. The first-order chi connectivity index (χ1) is 39.0. The predicted octanol–water partition coefficient (Wildman–Crippen LogP) is 23.5. The third-order valence-electron chi connectivity index (χ3n) is 17.3. The van der Waals surface area contributed by atoms with Crippen LogP contribution in [-0.2, 0) is 14.3 Å². The third-order valence-corrected chi connectivity index (χ3v) is 17.3. The van der Waals surface area contributed by atoms with Crippen molar-refractivity contribution in [1.82, 2.24) is 5.32 Å². The van der Waals surface area contributed by atoms with Gasteiger partial charge < -0.3 is 20.3 Å². The summed E-state index contributed by atoms with van der Waals surface area (Å²) in [6.07, 6.45) is 85.6. The second-order valence-corrected chi connectivity index (χ2v) is 25.3. The van der Waals surface area contributed by atoms with Gasteiger partial charge in [0, 0.05) is 12.8 Å². The maximum absolute atomic E-state index is 12.6. The van der Waals surface area contributed by atoms with Crippen LogP contribution < -0.4 is 5.32 Å². The van der Waals surface area contributed by atoms with E-state index in [1.54, 1.807) is 0 Å². The van der Waals surface area contributed by atoms with E-state index in [-0.39, 0.29) is 18.5 Å². The van der Waals surface area contributed by atoms with Crippen molar-refractivity contribution in [3.8, 4) is 0 Å². The highest BCUT2D eigenvalue weighted by Crippen LogP contribution is 2.20. The van der Waals surface area contributed by atoms with Crippen LogP contribution in [0.3, 0.4) is 0 Å². The van der Waals surface area contributed by atoms with Gasteiger partial charge in [0.05, 0.1) is 25.4 Å². The number of carbonyl (C=O) groups excluding carboxylic acids is 2. The Labute approximate surface area is 495 Å². The van der Waals surface area contributed by atoms with Crippen molar-refractivity contribution in [3.05, 3.63) is 12.2 Å². The number of hydrogen-bond donors (Lipinski definition) is 3. The second-order valence-electron chi connectivity index (χ2n) is 25.3. The average molecular weight is 1110 g/mol. The Bertz CT molecular complexity index is 1190. The number of aliphatic hydroxyl groups is 2. The van der Waals surface area contributed by atoms with Gasteiger partial charge in [-0.05, 0) is 51.4 Å². The third kappa shape index (κ3) is 65.6. The molecule has 1 amide bonds. The zero-order valence-corrected chi connectivity index (χ0v) is 53.9. The zero-order valence-electron chi connectivity index (χ0n) is 53.9. The van der Waals surface area contributed by atoms with Crippen molar-refractivity contribution in [2.75, 3.05) is 13.2 Å². The molecular weight excluding hydrogens is 971 g/mol. The lowest BCUT2D eigenvalue weighted by Crippen LogP contribution is -2.45. The van der Waals surface area contributed by atoms with Gasteiger partial charge in [-0.15, -0.1) is 0 Å². The molecule has 2 atom stereocenters. The van der Waals surface area contributed by atoms with Crippen LogP contribution in [0.1, 0.15) is 418 Å². The number of allylic oxidation sites excluding steroid dienone is 2. The van der Waals surface area contributed by atoms with E-state index in [9.17, 15) is 19.8 Å². The highest BCUT2D eigenvalue weighted by atomic mass is 16.5. The lowest BCUT2D eigenvalue weighted by molar-refractivity contribution is -0.143. The minimum Gasteiger partial charge on any atom is -0.466 e. The maximum Gasteiger partial charge on any atom is 0.305 e. The Morgan fingerprint density at radius 2 is 0.595 bits per heavy atom. The molecule has 0 rings (SSSR count). The van der Waals surface area contributed by atoms with Crippen LogP contribution in [-0.4, -0.2) is 47.4 Å². The number of rotatable bonds is 69. The van der Waals surface area contributed by atoms with Crippen molar-refractivity contribution >= 4 is 11.9 Å². The summed E-state index contributed by atoms with van der Waals surface area (Å²) < 4.78 is 5.48. The summed E-state index contributed by atoms with van der Waals surface area (Å²) in [6.45, 7) is 4.97. The van der Waals surface area contributed by atoms with E-state index in [1.807, 2.05) is 0 Å². The quantitative estimate of drug-likeness (QED) is 0.0320. The van der Waals surface area contributed by atoms with Gasteiger partial charge in [-0.2, -0.15) is 0 Å². The molecule has 0 aromatic rings. The SMILES string of the molecule is CCCCC/C=C\CCCCCCCC(=O)OCCCCCCCCCCCCCCCCCCCCCCCCCCCCCC(=O)NC(CO)C(O)CCCCCCCCCCCCCCCCCCCCCCCCC. The molecule has 2 unspecified atom stereocenters. The second kappa shape index (κ2) is 69.1. The minimum absolute atomic E-state index is 0.00902. The average Bonchev–Trinajstić information content (AvgIpc) is 3.45. The monoisotopic (exact) mass is 1110 g/mol. The van der Waals surface area contributed by atoms with Crippen molar-refractivity contribution in [1.29, 1.82) is 0 Å². The summed E-state index contributed by atoms with van der Waals surface area (Å²) in [5.74, 6) is -0.0178. The summed E-state index contributed by atoms with van der Waals surface area (Å²) in [5, 5.41) is 23.5. The van der Waals surface area contributed by atoms with Crippen molar-refractivity contribution in [2.45, 2.75) is 431 Å². The van der Waals surface area contributed by atoms with Crippen LogP contribution in [0.25, 0.3) is 0 Å². The predicted molar refractivity (Wildman–Crippen MR) is 347 cm³/mol. The molecule has 79 heavy (non-hydrogen) atoms. The lowest BCUT2D eigenvalue weighted by atomic mass is 10.0. The van der Waals surface area contributed by atoms with Crippen LogP contribution in [0, 0.1) is 0 Å². The molecule has 0 aliphatic heterocycles. The van der Waals surface area contributed by atoms with Crippen LogP contribution in [0.5, 0.6) is 0 Å². The summed E-state index contributed by atoms with van der Waals surface area (Å²) in [4.78, 5) is 24.6. The molecule has 0 saturated carbocycles. The summed E-state index contributed by atoms with van der Waals surface area (Å²) in [6, 6.07) is -0.540. The zero-order chi connectivity index (χ0) is 57.1. The topological polar surface area (TPSA) is 95.9 Å². The molecule has 3 N–H and O–H groups in total. The van der Waals surface area contributed by atoms with Crippen LogP contribution in [0.2, 0.25) is 0 Å².